The minimum absolute atomic E-state index is 0.0227. The van der Waals surface area contributed by atoms with Gasteiger partial charge in [-0.15, -0.1) is 0 Å². The van der Waals surface area contributed by atoms with Gasteiger partial charge in [-0.3, -0.25) is 9.59 Å². The first-order valence-corrected chi connectivity index (χ1v) is 8.30. The summed E-state index contributed by atoms with van der Waals surface area (Å²) >= 11 is 0. The Kier molecular flexibility index (Phi) is 4.33. The van der Waals surface area contributed by atoms with Crippen LogP contribution in [-0.2, 0) is 16.0 Å². The first-order valence-electron chi connectivity index (χ1n) is 8.30. The number of benzene rings is 2. The Morgan fingerprint density at radius 2 is 1.76 bits per heavy atom. The Hall–Kier alpha value is -2.69. The molecule has 1 aliphatic rings. The minimum Gasteiger partial charge on any atom is -0.323 e. The van der Waals surface area contributed by atoms with E-state index in [1.54, 1.807) is 30.9 Å². The number of para-hydroxylation sites is 2. The van der Waals surface area contributed by atoms with Crippen molar-refractivity contribution in [3.8, 4) is 0 Å². The Balaban J connectivity index is 1.85. The smallest absolute Gasteiger partial charge is 0.242 e. The number of anilines is 2. The lowest BCUT2D eigenvalue weighted by molar-refractivity contribution is -0.136. The molecule has 1 N–H and O–H groups in total. The molecule has 4 nitrogen and oxygen atoms in total. The van der Waals surface area contributed by atoms with Crippen LogP contribution < -0.4 is 10.2 Å². The maximum atomic E-state index is 13.8. The molecule has 2 amide bonds. The highest BCUT2D eigenvalue weighted by Gasteiger charge is 2.43. The number of fused-ring (bicyclic) bond motifs is 1. The number of amides is 2. The minimum atomic E-state index is -1.33. The molecule has 25 heavy (non-hydrogen) atoms. The molecule has 0 saturated heterocycles. The monoisotopic (exact) mass is 340 g/mol. The second kappa shape index (κ2) is 6.31. The Labute approximate surface area is 146 Å². The molecule has 1 aliphatic heterocycles. The van der Waals surface area contributed by atoms with Gasteiger partial charge < -0.3 is 10.2 Å². The maximum Gasteiger partial charge on any atom is 0.242 e. The van der Waals surface area contributed by atoms with Crippen molar-refractivity contribution < 1.29 is 14.0 Å². The highest BCUT2D eigenvalue weighted by molar-refractivity contribution is 6.15. The molecule has 5 heteroatoms. The number of hydrogen-bond acceptors (Lipinski definition) is 2. The second-order valence-electron chi connectivity index (χ2n) is 6.92. The van der Waals surface area contributed by atoms with E-state index in [4.69, 9.17) is 0 Å². The SMILES string of the molecule is CC1Cc2ccccc2N1C(=O)C(C)(C)C(=O)Nc1ccccc1F. The van der Waals surface area contributed by atoms with E-state index < -0.39 is 17.1 Å². The lowest BCUT2D eigenvalue weighted by Crippen LogP contribution is -2.49. The normalized spacial score (nSPS) is 16.5. The van der Waals surface area contributed by atoms with Gasteiger partial charge in [0.05, 0.1) is 5.69 Å². The Morgan fingerprint density at radius 1 is 1.12 bits per heavy atom. The zero-order chi connectivity index (χ0) is 18.2. The molecule has 0 fully saturated rings. The van der Waals surface area contributed by atoms with Crippen molar-refractivity contribution in [2.75, 3.05) is 10.2 Å². The summed E-state index contributed by atoms with van der Waals surface area (Å²) in [7, 11) is 0. The molecule has 1 heterocycles. The molecule has 0 aromatic heterocycles. The van der Waals surface area contributed by atoms with E-state index in [1.165, 1.54) is 12.1 Å². The number of nitrogens with one attached hydrogen (secondary N) is 1. The Bertz CT molecular complexity index is 832. The van der Waals surface area contributed by atoms with Crippen LogP contribution in [0.3, 0.4) is 0 Å². The van der Waals surface area contributed by atoms with Gasteiger partial charge in [0, 0.05) is 11.7 Å². The van der Waals surface area contributed by atoms with Gasteiger partial charge in [-0.2, -0.15) is 0 Å². The average Bonchev–Trinajstić information content (AvgIpc) is 2.91. The first kappa shape index (κ1) is 17.1. The van der Waals surface area contributed by atoms with Crippen molar-refractivity contribution in [3.63, 3.8) is 0 Å². The standard InChI is InChI=1S/C20H21FN2O2/c1-13-12-14-8-4-7-11-17(14)23(13)19(25)20(2,3)18(24)22-16-10-6-5-9-15(16)21/h4-11,13H,12H2,1-3H3,(H,22,24). The van der Waals surface area contributed by atoms with Gasteiger partial charge in [-0.05, 0) is 51.0 Å². The summed E-state index contributed by atoms with van der Waals surface area (Å²) in [6.07, 6.45) is 0.757. The molecule has 130 valence electrons. The summed E-state index contributed by atoms with van der Waals surface area (Å²) in [6, 6.07) is 13.6. The largest absolute Gasteiger partial charge is 0.323 e. The molecule has 0 radical (unpaired) electrons. The fourth-order valence-electron chi connectivity index (χ4n) is 3.11. The van der Waals surface area contributed by atoms with Gasteiger partial charge in [0.25, 0.3) is 0 Å². The van der Waals surface area contributed by atoms with Crippen LogP contribution in [0.15, 0.2) is 48.5 Å². The number of nitrogens with zero attached hydrogens (tertiary/aromatic N) is 1. The topological polar surface area (TPSA) is 49.4 Å². The van der Waals surface area contributed by atoms with E-state index in [0.717, 1.165) is 17.7 Å². The van der Waals surface area contributed by atoms with Crippen LogP contribution in [0.4, 0.5) is 15.8 Å². The van der Waals surface area contributed by atoms with E-state index in [1.807, 2.05) is 31.2 Å². The highest BCUT2D eigenvalue weighted by Crippen LogP contribution is 2.35. The maximum absolute atomic E-state index is 13.8. The van der Waals surface area contributed by atoms with Crippen LogP contribution in [0.1, 0.15) is 26.3 Å². The van der Waals surface area contributed by atoms with E-state index >= 15 is 0 Å². The third-order valence-electron chi connectivity index (χ3n) is 4.65. The van der Waals surface area contributed by atoms with Gasteiger partial charge >= 0.3 is 0 Å². The molecule has 0 spiro atoms. The molecular weight excluding hydrogens is 319 g/mol. The lowest BCUT2D eigenvalue weighted by atomic mass is 9.89. The molecule has 1 atom stereocenters. The summed E-state index contributed by atoms with van der Waals surface area (Å²) in [5.74, 6) is -1.35. The van der Waals surface area contributed by atoms with Crippen molar-refractivity contribution in [3.05, 3.63) is 59.9 Å². The summed E-state index contributed by atoms with van der Waals surface area (Å²) in [5.41, 5.74) is 0.678. The fourth-order valence-corrected chi connectivity index (χ4v) is 3.11. The van der Waals surface area contributed by atoms with Crippen molar-refractivity contribution in [1.29, 1.82) is 0 Å². The van der Waals surface area contributed by atoms with E-state index in [-0.39, 0.29) is 17.6 Å². The van der Waals surface area contributed by atoms with Crippen LogP contribution in [0.2, 0.25) is 0 Å². The number of rotatable bonds is 3. The van der Waals surface area contributed by atoms with Gasteiger partial charge in [0.1, 0.15) is 11.2 Å². The third-order valence-corrected chi connectivity index (χ3v) is 4.65. The molecule has 2 aromatic rings. The van der Waals surface area contributed by atoms with Gasteiger partial charge in [0.2, 0.25) is 11.8 Å². The molecular formula is C20H21FN2O2. The molecule has 1 unspecified atom stereocenters. The van der Waals surface area contributed by atoms with Gasteiger partial charge in [0.15, 0.2) is 0 Å². The molecule has 0 aliphatic carbocycles. The van der Waals surface area contributed by atoms with E-state index in [2.05, 4.69) is 5.32 Å². The summed E-state index contributed by atoms with van der Waals surface area (Å²) in [5, 5.41) is 2.53. The number of halogens is 1. The van der Waals surface area contributed by atoms with Crippen LogP contribution in [-0.4, -0.2) is 17.9 Å². The number of hydrogen-bond donors (Lipinski definition) is 1. The van der Waals surface area contributed by atoms with Crippen molar-refractivity contribution >= 4 is 23.2 Å². The van der Waals surface area contributed by atoms with Crippen LogP contribution in [0.25, 0.3) is 0 Å². The average molecular weight is 340 g/mol. The van der Waals surface area contributed by atoms with E-state index in [0.29, 0.717) is 0 Å². The molecule has 0 saturated carbocycles. The van der Waals surface area contributed by atoms with Crippen LogP contribution in [0, 0.1) is 11.2 Å². The summed E-state index contributed by atoms with van der Waals surface area (Å²) in [4.78, 5) is 27.5. The predicted octanol–water partition coefficient (Wildman–Crippen LogP) is 3.77. The zero-order valence-electron chi connectivity index (χ0n) is 14.5. The fraction of sp³-hybridized carbons (Fsp3) is 0.300. The van der Waals surface area contributed by atoms with Crippen LogP contribution in [0.5, 0.6) is 0 Å². The molecule has 0 bridgehead atoms. The first-order chi connectivity index (χ1) is 11.8. The quantitative estimate of drug-likeness (QED) is 0.865. The lowest BCUT2D eigenvalue weighted by Gasteiger charge is -2.31. The van der Waals surface area contributed by atoms with Gasteiger partial charge in [-0.1, -0.05) is 30.3 Å². The summed E-state index contributed by atoms with van der Waals surface area (Å²) < 4.78 is 13.8. The van der Waals surface area contributed by atoms with E-state index in [9.17, 15) is 14.0 Å². The molecule has 2 aromatic carbocycles. The second-order valence-corrected chi connectivity index (χ2v) is 6.92. The highest BCUT2D eigenvalue weighted by atomic mass is 19.1. The van der Waals surface area contributed by atoms with Crippen molar-refractivity contribution in [2.24, 2.45) is 5.41 Å². The predicted molar refractivity (Wildman–Crippen MR) is 95.9 cm³/mol. The van der Waals surface area contributed by atoms with Crippen molar-refractivity contribution in [2.45, 2.75) is 33.2 Å². The van der Waals surface area contributed by atoms with Gasteiger partial charge in [-0.25, -0.2) is 4.39 Å². The Morgan fingerprint density at radius 3 is 2.48 bits per heavy atom. The van der Waals surface area contributed by atoms with Crippen LogP contribution >= 0.6 is 0 Å². The number of carbonyl (C=O) groups is 2. The summed E-state index contributed by atoms with van der Waals surface area (Å²) in [6.45, 7) is 5.10. The van der Waals surface area contributed by atoms with Crippen molar-refractivity contribution in [1.82, 2.24) is 0 Å². The molecule has 3 rings (SSSR count). The number of carbonyl (C=O) groups excluding carboxylic acids is 2. The third kappa shape index (κ3) is 3.02. The zero-order valence-corrected chi connectivity index (χ0v) is 14.5.